The minimum atomic E-state index is -0.0920. The van der Waals surface area contributed by atoms with Crippen LogP contribution in [0.4, 0.5) is 0 Å². The fraction of sp³-hybridized carbons (Fsp3) is 0.333. The molecule has 0 fully saturated rings. The average Bonchev–Trinajstić information content (AvgIpc) is 2.39. The molecule has 2 aromatic rings. The second kappa shape index (κ2) is 6.29. The molecule has 0 spiro atoms. The number of pyridine rings is 2. The second-order valence-corrected chi connectivity index (χ2v) is 4.79. The molecule has 2 rings (SSSR count). The highest BCUT2D eigenvalue weighted by molar-refractivity contribution is 5.27. The van der Waals surface area contributed by atoms with Crippen molar-refractivity contribution in [3.8, 4) is 5.75 Å². The maximum Gasteiger partial charge on any atom is 0.138 e. The number of rotatable bonds is 5. The summed E-state index contributed by atoms with van der Waals surface area (Å²) in [6.45, 7) is 3.98. The lowest BCUT2D eigenvalue weighted by Crippen LogP contribution is -2.14. The van der Waals surface area contributed by atoms with Gasteiger partial charge in [-0.1, -0.05) is 0 Å². The van der Waals surface area contributed by atoms with E-state index in [1.54, 1.807) is 24.8 Å². The Morgan fingerprint density at radius 2 is 1.89 bits per heavy atom. The average molecular weight is 257 g/mol. The van der Waals surface area contributed by atoms with Crippen LogP contribution >= 0.6 is 0 Å². The molecule has 0 saturated carbocycles. The summed E-state index contributed by atoms with van der Waals surface area (Å²) in [5, 5.41) is 0. The van der Waals surface area contributed by atoms with Gasteiger partial charge in [-0.15, -0.1) is 0 Å². The summed E-state index contributed by atoms with van der Waals surface area (Å²) in [5.41, 5.74) is 8.36. The second-order valence-electron chi connectivity index (χ2n) is 4.79. The van der Waals surface area contributed by atoms with E-state index in [0.717, 1.165) is 23.3 Å². The van der Waals surface area contributed by atoms with Crippen LogP contribution in [0.25, 0.3) is 0 Å². The van der Waals surface area contributed by atoms with Crippen LogP contribution in [0.3, 0.4) is 0 Å². The van der Waals surface area contributed by atoms with Crippen molar-refractivity contribution in [2.45, 2.75) is 32.4 Å². The third-order valence-corrected chi connectivity index (χ3v) is 2.74. The highest BCUT2D eigenvalue weighted by Crippen LogP contribution is 2.20. The summed E-state index contributed by atoms with van der Waals surface area (Å²) in [7, 11) is 0. The molecule has 0 aromatic carbocycles. The normalized spacial score (nSPS) is 12.4. The molecule has 0 aliphatic rings. The van der Waals surface area contributed by atoms with Crippen LogP contribution in [0.1, 0.15) is 31.0 Å². The summed E-state index contributed by atoms with van der Waals surface area (Å²) < 4.78 is 5.63. The number of ether oxygens (including phenoxy) is 1. The van der Waals surface area contributed by atoms with Crippen LogP contribution in [0.15, 0.2) is 43.0 Å². The first-order chi connectivity index (χ1) is 9.15. The third kappa shape index (κ3) is 4.03. The quantitative estimate of drug-likeness (QED) is 0.894. The van der Waals surface area contributed by atoms with E-state index in [2.05, 4.69) is 9.97 Å². The van der Waals surface area contributed by atoms with Crippen molar-refractivity contribution in [2.24, 2.45) is 5.73 Å². The van der Waals surface area contributed by atoms with E-state index in [0.29, 0.717) is 0 Å². The molecule has 1 unspecified atom stereocenters. The predicted octanol–water partition coefficient (Wildman–Crippen LogP) is 2.51. The number of hydrogen-bond acceptors (Lipinski definition) is 4. The Bertz CT molecular complexity index is 514. The van der Waals surface area contributed by atoms with E-state index in [1.165, 1.54) is 0 Å². The zero-order valence-corrected chi connectivity index (χ0v) is 11.3. The van der Waals surface area contributed by atoms with E-state index in [1.807, 2.05) is 32.0 Å². The van der Waals surface area contributed by atoms with Gasteiger partial charge in [0.05, 0.1) is 12.3 Å². The highest BCUT2D eigenvalue weighted by Gasteiger charge is 2.09. The summed E-state index contributed by atoms with van der Waals surface area (Å²) in [6, 6.07) is 5.81. The van der Waals surface area contributed by atoms with Gasteiger partial charge in [0, 0.05) is 24.6 Å². The molecule has 2 heterocycles. The van der Waals surface area contributed by atoms with Crippen LogP contribution in [0, 0.1) is 0 Å². The van der Waals surface area contributed by atoms with Crippen molar-refractivity contribution in [3.63, 3.8) is 0 Å². The van der Waals surface area contributed by atoms with E-state index >= 15 is 0 Å². The largest absolute Gasteiger partial charge is 0.489 e. The van der Waals surface area contributed by atoms with Crippen molar-refractivity contribution in [2.75, 3.05) is 0 Å². The van der Waals surface area contributed by atoms with Gasteiger partial charge in [0.25, 0.3) is 0 Å². The maximum atomic E-state index is 6.21. The van der Waals surface area contributed by atoms with Gasteiger partial charge < -0.3 is 10.5 Å². The minimum Gasteiger partial charge on any atom is -0.489 e. The molecule has 0 bridgehead atoms. The Kier molecular flexibility index (Phi) is 4.47. The van der Waals surface area contributed by atoms with Gasteiger partial charge in [-0.2, -0.15) is 0 Å². The molecule has 19 heavy (non-hydrogen) atoms. The Labute approximate surface area is 113 Å². The Balaban J connectivity index is 2.08. The summed E-state index contributed by atoms with van der Waals surface area (Å²) in [6.07, 6.45) is 7.95. The lowest BCUT2D eigenvalue weighted by molar-refractivity contribution is 0.241. The first-order valence-corrected chi connectivity index (χ1v) is 6.41. The van der Waals surface area contributed by atoms with Crippen molar-refractivity contribution < 1.29 is 4.74 Å². The first-order valence-electron chi connectivity index (χ1n) is 6.41. The third-order valence-electron chi connectivity index (χ3n) is 2.74. The van der Waals surface area contributed by atoms with E-state index in [9.17, 15) is 0 Å². The number of nitrogens with zero attached hydrogens (tertiary/aromatic N) is 2. The number of aromatic nitrogens is 2. The monoisotopic (exact) mass is 257 g/mol. The number of hydrogen-bond donors (Lipinski definition) is 1. The van der Waals surface area contributed by atoms with Gasteiger partial charge in [-0.05, 0) is 49.6 Å². The van der Waals surface area contributed by atoms with Crippen LogP contribution in [0.2, 0.25) is 0 Å². The molecule has 4 nitrogen and oxygen atoms in total. The molecule has 2 N–H and O–H groups in total. The zero-order valence-electron chi connectivity index (χ0n) is 11.3. The minimum absolute atomic E-state index is 0.0920. The number of nitrogens with two attached hydrogens (primary N) is 1. The van der Waals surface area contributed by atoms with Gasteiger partial charge in [-0.3, -0.25) is 9.97 Å². The Hall–Kier alpha value is -1.94. The molecule has 0 aliphatic heterocycles. The van der Waals surface area contributed by atoms with Crippen LogP contribution in [-0.4, -0.2) is 16.1 Å². The molecule has 100 valence electrons. The molecular weight excluding hydrogens is 238 g/mol. The fourth-order valence-corrected chi connectivity index (χ4v) is 1.87. The zero-order chi connectivity index (χ0) is 13.7. The van der Waals surface area contributed by atoms with Crippen molar-refractivity contribution in [1.82, 2.24) is 9.97 Å². The Morgan fingerprint density at radius 3 is 2.58 bits per heavy atom. The highest BCUT2D eigenvalue weighted by atomic mass is 16.5. The van der Waals surface area contributed by atoms with Gasteiger partial charge >= 0.3 is 0 Å². The van der Waals surface area contributed by atoms with Crippen LogP contribution in [0.5, 0.6) is 5.75 Å². The molecule has 0 saturated heterocycles. The lowest BCUT2D eigenvalue weighted by atomic mass is 10.0. The molecular formula is C15H19N3O. The SMILES string of the molecule is CC(C)Oc1cncc(C(N)Cc2ccncc2)c1. The topological polar surface area (TPSA) is 61.0 Å². The van der Waals surface area contributed by atoms with Crippen LogP contribution in [-0.2, 0) is 6.42 Å². The first kappa shape index (κ1) is 13.5. The summed E-state index contributed by atoms with van der Waals surface area (Å²) in [5.74, 6) is 0.762. The Morgan fingerprint density at radius 1 is 1.16 bits per heavy atom. The van der Waals surface area contributed by atoms with Gasteiger partial charge in [0.1, 0.15) is 5.75 Å². The molecule has 2 aromatic heterocycles. The molecule has 4 heteroatoms. The van der Waals surface area contributed by atoms with Crippen molar-refractivity contribution in [1.29, 1.82) is 0 Å². The lowest BCUT2D eigenvalue weighted by Gasteiger charge is -2.14. The van der Waals surface area contributed by atoms with Gasteiger partial charge in [-0.25, -0.2) is 0 Å². The van der Waals surface area contributed by atoms with Crippen LogP contribution < -0.4 is 10.5 Å². The molecule has 0 aliphatic carbocycles. The molecule has 0 radical (unpaired) electrons. The fourth-order valence-electron chi connectivity index (χ4n) is 1.87. The van der Waals surface area contributed by atoms with Gasteiger partial charge in [0.2, 0.25) is 0 Å². The molecule has 0 amide bonds. The predicted molar refractivity (Wildman–Crippen MR) is 74.9 cm³/mol. The van der Waals surface area contributed by atoms with Gasteiger partial charge in [0.15, 0.2) is 0 Å². The van der Waals surface area contributed by atoms with Crippen molar-refractivity contribution in [3.05, 3.63) is 54.1 Å². The van der Waals surface area contributed by atoms with E-state index < -0.39 is 0 Å². The summed E-state index contributed by atoms with van der Waals surface area (Å²) in [4.78, 5) is 8.18. The summed E-state index contributed by atoms with van der Waals surface area (Å²) >= 11 is 0. The van der Waals surface area contributed by atoms with Crippen molar-refractivity contribution >= 4 is 0 Å². The standard InChI is InChI=1S/C15H19N3O/c1-11(2)19-14-8-13(9-18-10-14)15(16)7-12-3-5-17-6-4-12/h3-6,8-11,15H,7,16H2,1-2H3. The molecule has 1 atom stereocenters. The smallest absolute Gasteiger partial charge is 0.138 e. The van der Waals surface area contributed by atoms with E-state index in [4.69, 9.17) is 10.5 Å². The van der Waals surface area contributed by atoms with E-state index in [-0.39, 0.29) is 12.1 Å². The maximum absolute atomic E-state index is 6.21.